The zero-order valence-electron chi connectivity index (χ0n) is 14.7. The molecule has 0 saturated carbocycles. The SMILES string of the molecule is COC(=O)C(CNC(=O)c1ccccc1)NC(=O)c1ccc(CN)cc1Cl. The van der Waals surface area contributed by atoms with Crippen molar-refractivity contribution in [3.05, 3.63) is 70.2 Å². The molecule has 0 saturated heterocycles. The van der Waals surface area contributed by atoms with Gasteiger partial charge in [-0.25, -0.2) is 4.79 Å². The number of methoxy groups -OCH3 is 1. The van der Waals surface area contributed by atoms with Gasteiger partial charge >= 0.3 is 5.97 Å². The van der Waals surface area contributed by atoms with Gasteiger partial charge in [0.15, 0.2) is 0 Å². The lowest BCUT2D eigenvalue weighted by Crippen LogP contribution is -2.49. The normalized spacial score (nSPS) is 11.4. The van der Waals surface area contributed by atoms with E-state index >= 15 is 0 Å². The molecule has 1 unspecified atom stereocenters. The Morgan fingerprint density at radius 2 is 1.81 bits per heavy atom. The van der Waals surface area contributed by atoms with Crippen molar-refractivity contribution in [2.45, 2.75) is 12.6 Å². The van der Waals surface area contributed by atoms with Gasteiger partial charge in [0.25, 0.3) is 11.8 Å². The summed E-state index contributed by atoms with van der Waals surface area (Å²) >= 11 is 6.11. The predicted octanol–water partition coefficient (Wildman–Crippen LogP) is 1.50. The van der Waals surface area contributed by atoms with E-state index in [1.54, 1.807) is 42.5 Å². The van der Waals surface area contributed by atoms with Crippen LogP contribution in [0.5, 0.6) is 0 Å². The summed E-state index contributed by atoms with van der Waals surface area (Å²) in [5.74, 6) is -1.62. The third-order valence-corrected chi connectivity index (χ3v) is 4.12. The van der Waals surface area contributed by atoms with Gasteiger partial charge < -0.3 is 21.1 Å². The Kier molecular flexibility index (Phi) is 7.34. The van der Waals surface area contributed by atoms with Crippen LogP contribution in [0.4, 0.5) is 0 Å². The number of carbonyl (C=O) groups is 3. The third-order valence-electron chi connectivity index (χ3n) is 3.81. The lowest BCUT2D eigenvalue weighted by Gasteiger charge is -2.18. The van der Waals surface area contributed by atoms with Gasteiger partial charge in [-0.1, -0.05) is 35.9 Å². The number of carbonyl (C=O) groups excluding carboxylic acids is 3. The number of halogens is 1. The molecule has 0 radical (unpaired) electrons. The molecule has 2 aromatic carbocycles. The number of hydrogen-bond acceptors (Lipinski definition) is 5. The van der Waals surface area contributed by atoms with Crippen LogP contribution in [0.25, 0.3) is 0 Å². The minimum atomic E-state index is -1.07. The minimum absolute atomic E-state index is 0.134. The van der Waals surface area contributed by atoms with Crippen molar-refractivity contribution < 1.29 is 19.1 Å². The molecule has 0 aliphatic heterocycles. The second-order valence-corrected chi connectivity index (χ2v) is 6.05. The highest BCUT2D eigenvalue weighted by molar-refractivity contribution is 6.34. The molecule has 0 aromatic heterocycles. The van der Waals surface area contributed by atoms with Crippen molar-refractivity contribution in [1.82, 2.24) is 10.6 Å². The minimum Gasteiger partial charge on any atom is -0.467 e. The van der Waals surface area contributed by atoms with Gasteiger partial charge in [-0.05, 0) is 29.8 Å². The molecule has 8 heteroatoms. The molecule has 0 fully saturated rings. The zero-order valence-corrected chi connectivity index (χ0v) is 15.5. The van der Waals surface area contributed by atoms with Crippen LogP contribution in [0.1, 0.15) is 26.3 Å². The van der Waals surface area contributed by atoms with Crippen LogP contribution >= 0.6 is 11.6 Å². The Balaban J connectivity index is 2.07. The lowest BCUT2D eigenvalue weighted by molar-refractivity contribution is -0.142. The average Bonchev–Trinajstić information content (AvgIpc) is 2.70. The van der Waals surface area contributed by atoms with Crippen LogP contribution in [0.2, 0.25) is 5.02 Å². The maximum absolute atomic E-state index is 12.5. The molecule has 0 spiro atoms. The Hall–Kier alpha value is -2.90. The van der Waals surface area contributed by atoms with Gasteiger partial charge in [-0.2, -0.15) is 0 Å². The van der Waals surface area contributed by atoms with Crippen molar-refractivity contribution in [2.75, 3.05) is 13.7 Å². The summed E-state index contributed by atoms with van der Waals surface area (Å²) in [4.78, 5) is 36.6. The molecule has 0 aliphatic rings. The quantitative estimate of drug-likeness (QED) is 0.621. The summed E-state index contributed by atoms with van der Waals surface area (Å²) in [6.07, 6.45) is 0. The first-order chi connectivity index (χ1) is 13.0. The second kappa shape index (κ2) is 9.70. The summed E-state index contributed by atoms with van der Waals surface area (Å²) in [6.45, 7) is 0.155. The first-order valence-corrected chi connectivity index (χ1v) is 8.54. The monoisotopic (exact) mass is 389 g/mol. The van der Waals surface area contributed by atoms with E-state index in [0.29, 0.717) is 5.56 Å². The maximum atomic E-state index is 12.5. The van der Waals surface area contributed by atoms with Crippen LogP contribution in [0.3, 0.4) is 0 Å². The lowest BCUT2D eigenvalue weighted by atomic mass is 10.1. The van der Waals surface area contributed by atoms with Gasteiger partial charge in [0.2, 0.25) is 0 Å². The van der Waals surface area contributed by atoms with Crippen molar-refractivity contribution in [2.24, 2.45) is 5.73 Å². The molecule has 4 N–H and O–H groups in total. The number of ether oxygens (including phenoxy) is 1. The highest BCUT2D eigenvalue weighted by Gasteiger charge is 2.24. The summed E-state index contributed by atoms with van der Waals surface area (Å²) in [6, 6.07) is 12.2. The molecule has 27 heavy (non-hydrogen) atoms. The van der Waals surface area contributed by atoms with E-state index in [1.807, 2.05) is 0 Å². The Bertz CT molecular complexity index is 827. The molecular formula is C19H20ClN3O4. The Labute approximate surface area is 161 Å². The number of hydrogen-bond donors (Lipinski definition) is 3. The molecule has 7 nitrogen and oxygen atoms in total. The second-order valence-electron chi connectivity index (χ2n) is 5.64. The van der Waals surface area contributed by atoms with E-state index in [1.165, 1.54) is 13.2 Å². The number of nitrogens with one attached hydrogen (secondary N) is 2. The van der Waals surface area contributed by atoms with Crippen LogP contribution in [0.15, 0.2) is 48.5 Å². The van der Waals surface area contributed by atoms with Crippen molar-refractivity contribution in [3.63, 3.8) is 0 Å². The highest BCUT2D eigenvalue weighted by Crippen LogP contribution is 2.18. The van der Waals surface area contributed by atoms with Crippen LogP contribution in [-0.2, 0) is 16.1 Å². The molecule has 142 valence electrons. The van der Waals surface area contributed by atoms with E-state index < -0.39 is 17.9 Å². The molecule has 0 bridgehead atoms. The van der Waals surface area contributed by atoms with E-state index in [-0.39, 0.29) is 29.6 Å². The van der Waals surface area contributed by atoms with Crippen LogP contribution < -0.4 is 16.4 Å². The molecule has 1 atom stereocenters. The van der Waals surface area contributed by atoms with Crippen molar-refractivity contribution >= 4 is 29.4 Å². The molecule has 2 amide bonds. The van der Waals surface area contributed by atoms with Gasteiger partial charge in [0, 0.05) is 18.7 Å². The number of benzene rings is 2. The van der Waals surface area contributed by atoms with Gasteiger partial charge in [-0.15, -0.1) is 0 Å². The number of amides is 2. The average molecular weight is 390 g/mol. The Morgan fingerprint density at radius 3 is 2.41 bits per heavy atom. The fourth-order valence-electron chi connectivity index (χ4n) is 2.33. The van der Waals surface area contributed by atoms with E-state index in [2.05, 4.69) is 10.6 Å². The first kappa shape index (κ1) is 20.4. The topological polar surface area (TPSA) is 111 Å². The number of rotatable bonds is 7. The highest BCUT2D eigenvalue weighted by atomic mass is 35.5. The number of nitrogens with two attached hydrogens (primary N) is 1. The molecule has 0 heterocycles. The smallest absolute Gasteiger partial charge is 0.330 e. The standard InChI is InChI=1S/C19H20ClN3O4/c1-27-19(26)16(11-22-17(24)13-5-3-2-4-6-13)23-18(25)14-8-7-12(10-21)9-15(14)20/h2-9,16H,10-11,21H2,1H3,(H,22,24)(H,23,25). The predicted molar refractivity (Wildman–Crippen MR) is 101 cm³/mol. The Morgan fingerprint density at radius 1 is 1.11 bits per heavy atom. The van der Waals surface area contributed by atoms with E-state index in [0.717, 1.165) is 5.56 Å². The summed E-state index contributed by atoms with van der Waals surface area (Å²) in [5, 5.41) is 5.34. The largest absolute Gasteiger partial charge is 0.467 e. The van der Waals surface area contributed by atoms with Gasteiger partial charge in [0.1, 0.15) is 6.04 Å². The summed E-state index contributed by atoms with van der Waals surface area (Å²) < 4.78 is 4.70. The fourth-order valence-corrected chi connectivity index (χ4v) is 2.62. The number of esters is 1. The van der Waals surface area contributed by atoms with Crippen LogP contribution in [0, 0.1) is 0 Å². The van der Waals surface area contributed by atoms with Crippen LogP contribution in [-0.4, -0.2) is 37.5 Å². The van der Waals surface area contributed by atoms with E-state index in [4.69, 9.17) is 22.1 Å². The van der Waals surface area contributed by atoms with Gasteiger partial charge in [0.05, 0.1) is 17.7 Å². The van der Waals surface area contributed by atoms with Crippen molar-refractivity contribution in [1.29, 1.82) is 0 Å². The molecule has 2 aromatic rings. The molecule has 2 rings (SSSR count). The first-order valence-electron chi connectivity index (χ1n) is 8.16. The molecular weight excluding hydrogens is 370 g/mol. The van der Waals surface area contributed by atoms with Crippen molar-refractivity contribution in [3.8, 4) is 0 Å². The molecule has 0 aliphatic carbocycles. The maximum Gasteiger partial charge on any atom is 0.330 e. The fraction of sp³-hybridized carbons (Fsp3) is 0.211. The summed E-state index contributed by atoms with van der Waals surface area (Å²) in [5.41, 5.74) is 6.94. The van der Waals surface area contributed by atoms with E-state index in [9.17, 15) is 14.4 Å². The summed E-state index contributed by atoms with van der Waals surface area (Å²) in [7, 11) is 1.20. The zero-order chi connectivity index (χ0) is 19.8. The third kappa shape index (κ3) is 5.54. The van der Waals surface area contributed by atoms with Gasteiger partial charge in [-0.3, -0.25) is 9.59 Å².